The molecule has 2 bridgehead atoms. The Kier molecular flexibility index (Phi) is 3.29. The van der Waals surface area contributed by atoms with Gasteiger partial charge in [-0.05, 0) is 19.9 Å². The smallest absolute Gasteiger partial charge is 0.326 e. The predicted octanol–water partition coefficient (Wildman–Crippen LogP) is 1.93. The molecule has 2 heterocycles. The van der Waals surface area contributed by atoms with E-state index in [1.54, 1.807) is 44.2 Å². The molecule has 0 amide bonds. The summed E-state index contributed by atoms with van der Waals surface area (Å²) in [6.07, 6.45) is 3.05. The zero-order valence-corrected chi connectivity index (χ0v) is 19.1. The van der Waals surface area contributed by atoms with E-state index in [1.165, 1.54) is 30.3 Å². The van der Waals surface area contributed by atoms with Crippen LogP contribution in [0.25, 0.3) is 0 Å². The number of esters is 1. The lowest BCUT2D eigenvalue weighted by molar-refractivity contribution is -0.246. The number of carbonyl (C=O) groups excluding carboxylic acids is 4. The van der Waals surface area contributed by atoms with Crippen molar-refractivity contribution in [2.45, 2.75) is 41.9 Å². The molecule has 2 fully saturated rings. The summed E-state index contributed by atoms with van der Waals surface area (Å²) in [5, 5.41) is 12.9. The van der Waals surface area contributed by atoms with Crippen molar-refractivity contribution in [3.05, 3.63) is 82.9 Å². The zero-order chi connectivity index (χ0) is 24.8. The normalized spacial score (nSPS) is 40.7. The number of rotatable bonds is 1. The summed E-state index contributed by atoms with van der Waals surface area (Å²) < 4.78 is 17.7. The van der Waals surface area contributed by atoms with Crippen molar-refractivity contribution in [1.29, 1.82) is 0 Å². The molecule has 35 heavy (non-hydrogen) atoms. The first-order valence-electron chi connectivity index (χ1n) is 11.3. The van der Waals surface area contributed by atoms with E-state index in [4.69, 9.17) is 14.2 Å². The van der Waals surface area contributed by atoms with Crippen LogP contribution in [0.4, 0.5) is 0 Å². The molecule has 5 aliphatic rings. The zero-order valence-electron chi connectivity index (χ0n) is 19.1. The Hall–Kier alpha value is -3.46. The van der Waals surface area contributed by atoms with Gasteiger partial charge in [-0.1, -0.05) is 54.6 Å². The second kappa shape index (κ2) is 5.51. The van der Waals surface area contributed by atoms with Crippen LogP contribution in [0.15, 0.2) is 60.7 Å². The van der Waals surface area contributed by atoms with Crippen molar-refractivity contribution in [2.75, 3.05) is 7.11 Å². The first-order valence-corrected chi connectivity index (χ1v) is 11.3. The molecule has 0 radical (unpaired) electrons. The van der Waals surface area contributed by atoms with E-state index in [0.29, 0.717) is 0 Å². The average Bonchev–Trinajstić information content (AvgIpc) is 3.45. The Morgan fingerprint density at radius 3 is 1.94 bits per heavy atom. The number of hydrogen-bond acceptors (Lipinski definition) is 8. The Morgan fingerprint density at radius 2 is 1.37 bits per heavy atom. The maximum Gasteiger partial charge on any atom is 0.326 e. The highest BCUT2D eigenvalue weighted by Gasteiger charge is 3.10. The number of aliphatic hydroxyl groups is 1. The van der Waals surface area contributed by atoms with Gasteiger partial charge in [-0.15, -0.1) is 0 Å². The molecule has 0 unspecified atom stereocenters. The quantitative estimate of drug-likeness (QED) is 0.289. The number of methoxy groups -OCH3 is 1. The van der Waals surface area contributed by atoms with E-state index < -0.39 is 56.7 Å². The second-order valence-electron chi connectivity index (χ2n) is 10.3. The van der Waals surface area contributed by atoms with Gasteiger partial charge in [0.2, 0.25) is 22.6 Å². The molecular formula is C27H20O8. The summed E-state index contributed by atoms with van der Waals surface area (Å²) in [5.74, 6) is -3.34. The minimum Gasteiger partial charge on any atom is -0.468 e. The lowest BCUT2D eigenvalue weighted by atomic mass is 9.55. The molecule has 3 aliphatic carbocycles. The maximum absolute atomic E-state index is 14.5. The van der Waals surface area contributed by atoms with Crippen molar-refractivity contribution < 1.29 is 38.5 Å². The van der Waals surface area contributed by atoms with Gasteiger partial charge in [-0.2, -0.15) is 0 Å². The van der Waals surface area contributed by atoms with Gasteiger partial charge < -0.3 is 19.3 Å². The first kappa shape index (κ1) is 20.9. The van der Waals surface area contributed by atoms with Crippen LogP contribution in [0.2, 0.25) is 0 Å². The fraction of sp³-hybridized carbons (Fsp3) is 0.333. The van der Waals surface area contributed by atoms with Crippen LogP contribution < -0.4 is 0 Å². The fourth-order valence-corrected chi connectivity index (χ4v) is 7.33. The molecule has 1 spiro atoms. The van der Waals surface area contributed by atoms with Crippen molar-refractivity contribution in [3.8, 4) is 0 Å². The van der Waals surface area contributed by atoms with Gasteiger partial charge in [-0.3, -0.25) is 19.2 Å². The molecule has 7 rings (SSSR count). The second-order valence-corrected chi connectivity index (χ2v) is 10.3. The van der Waals surface area contributed by atoms with Crippen molar-refractivity contribution in [2.24, 2.45) is 5.41 Å². The standard InChI is InChI=1S/C27H20O8/c1-22(2)12-13-23(34-22)24(21(31)33-3)18(28)16-10-6-7-11-17(16)25(23,32)27-20(30)15-9-5-4-8-14(15)19(29)26(24,27)35-27/h4-13,32H,1-3H3/t23-,24-,25+,26-,27+/m1/s1. The summed E-state index contributed by atoms with van der Waals surface area (Å²) in [6, 6.07) is 12.3. The fourth-order valence-electron chi connectivity index (χ4n) is 7.33. The molecule has 1 saturated carbocycles. The van der Waals surface area contributed by atoms with Crippen LogP contribution in [0, 0.1) is 5.41 Å². The van der Waals surface area contributed by atoms with Crippen molar-refractivity contribution in [3.63, 3.8) is 0 Å². The van der Waals surface area contributed by atoms with Gasteiger partial charge in [0.1, 0.15) is 0 Å². The number of Topliss-reactive ketones (excluding diaryl/α,β-unsaturated/α-hetero) is 3. The van der Waals surface area contributed by atoms with Gasteiger partial charge in [0.05, 0.1) is 12.7 Å². The van der Waals surface area contributed by atoms with Crippen molar-refractivity contribution in [1.82, 2.24) is 0 Å². The van der Waals surface area contributed by atoms with E-state index >= 15 is 0 Å². The van der Waals surface area contributed by atoms with E-state index in [9.17, 15) is 24.3 Å². The summed E-state index contributed by atoms with van der Waals surface area (Å²) in [6.45, 7) is 3.39. The SMILES string of the molecule is COC(=O)[C@]12C(=O)c3ccccc3[C@](O)([C@@]13C=CC(C)(C)O3)[C@]13O[C@@]12C(=O)c1ccccc1C3=O. The molecule has 1 N–H and O–H groups in total. The lowest BCUT2D eigenvalue weighted by Gasteiger charge is -2.53. The van der Waals surface area contributed by atoms with E-state index in [-0.39, 0.29) is 22.3 Å². The van der Waals surface area contributed by atoms with E-state index in [2.05, 4.69) is 0 Å². The monoisotopic (exact) mass is 472 g/mol. The number of fused-ring (bicyclic) bond motifs is 3. The van der Waals surface area contributed by atoms with Crippen LogP contribution in [0.1, 0.15) is 50.5 Å². The number of ether oxygens (including phenoxy) is 3. The molecule has 2 aromatic carbocycles. The minimum absolute atomic E-state index is 0.00818. The number of benzene rings is 2. The Labute approximate surface area is 199 Å². The van der Waals surface area contributed by atoms with Crippen molar-refractivity contribution >= 4 is 23.3 Å². The van der Waals surface area contributed by atoms with E-state index in [0.717, 1.165) is 7.11 Å². The third-order valence-corrected chi connectivity index (χ3v) is 8.49. The number of hydrogen-bond donors (Lipinski definition) is 1. The first-order chi connectivity index (χ1) is 16.5. The van der Waals surface area contributed by atoms with Crippen LogP contribution in [0.5, 0.6) is 0 Å². The Balaban J connectivity index is 1.73. The largest absolute Gasteiger partial charge is 0.468 e. The molecule has 2 aromatic rings. The predicted molar refractivity (Wildman–Crippen MR) is 118 cm³/mol. The van der Waals surface area contributed by atoms with Gasteiger partial charge >= 0.3 is 5.97 Å². The number of epoxide rings is 1. The molecule has 2 aliphatic heterocycles. The van der Waals surface area contributed by atoms with Crippen LogP contribution in [-0.4, -0.2) is 57.9 Å². The number of carbonyl (C=O) groups is 4. The van der Waals surface area contributed by atoms with Crippen LogP contribution in [-0.2, 0) is 24.6 Å². The summed E-state index contributed by atoms with van der Waals surface area (Å²) >= 11 is 0. The highest BCUT2D eigenvalue weighted by molar-refractivity contribution is 6.35. The summed E-state index contributed by atoms with van der Waals surface area (Å²) in [7, 11) is 1.09. The molecule has 8 nitrogen and oxygen atoms in total. The average molecular weight is 472 g/mol. The number of ketones is 3. The molecular weight excluding hydrogens is 452 g/mol. The Morgan fingerprint density at radius 1 is 0.800 bits per heavy atom. The third kappa shape index (κ3) is 1.60. The van der Waals surface area contributed by atoms with E-state index in [1.807, 2.05) is 0 Å². The van der Waals surface area contributed by atoms with Gasteiger partial charge in [0.25, 0.3) is 0 Å². The topological polar surface area (TPSA) is 120 Å². The summed E-state index contributed by atoms with van der Waals surface area (Å²) in [5.41, 5.74) is -12.6. The van der Waals surface area contributed by atoms with Crippen LogP contribution >= 0.6 is 0 Å². The highest BCUT2D eigenvalue weighted by atomic mass is 16.7. The molecule has 1 saturated heterocycles. The minimum atomic E-state index is -2.51. The summed E-state index contributed by atoms with van der Waals surface area (Å²) in [4.78, 5) is 56.9. The Bertz CT molecular complexity index is 1490. The molecule has 8 heteroatoms. The maximum atomic E-state index is 14.5. The van der Waals surface area contributed by atoms with Gasteiger partial charge in [-0.25, -0.2) is 0 Å². The van der Waals surface area contributed by atoms with Crippen LogP contribution in [0.3, 0.4) is 0 Å². The van der Waals surface area contributed by atoms with Gasteiger partial charge in [0, 0.05) is 22.3 Å². The highest BCUT2D eigenvalue weighted by Crippen LogP contribution is 2.85. The molecule has 5 atom stereocenters. The molecule has 176 valence electrons. The van der Waals surface area contributed by atoms with Gasteiger partial charge in [0.15, 0.2) is 22.6 Å². The third-order valence-electron chi connectivity index (χ3n) is 8.49. The lowest BCUT2D eigenvalue weighted by Crippen LogP contribution is -2.72. The molecule has 0 aromatic heterocycles.